The van der Waals surface area contributed by atoms with Crippen LogP contribution in [-0.2, 0) is 15.3 Å². The number of benzene rings is 1. The molecule has 0 radical (unpaired) electrons. The molecule has 0 atom stereocenters. The summed E-state index contributed by atoms with van der Waals surface area (Å²) in [6.45, 7) is 9.91. The van der Waals surface area contributed by atoms with Crippen LogP contribution in [0.4, 0.5) is 5.13 Å². The Hall–Kier alpha value is -2.26. The fourth-order valence-electron chi connectivity index (χ4n) is 2.55. The quantitative estimate of drug-likeness (QED) is 0.342. The van der Waals surface area contributed by atoms with E-state index in [1.807, 2.05) is 33.1 Å². The third-order valence-corrected chi connectivity index (χ3v) is 5.46. The van der Waals surface area contributed by atoms with Crippen molar-refractivity contribution in [3.05, 3.63) is 34.8 Å². The Kier molecular flexibility index (Phi) is 10.1. The van der Waals surface area contributed by atoms with Gasteiger partial charge in [0.2, 0.25) is 0 Å². The Bertz CT molecular complexity index is 839. The van der Waals surface area contributed by atoms with E-state index >= 15 is 0 Å². The maximum absolute atomic E-state index is 12.8. The fourth-order valence-corrected chi connectivity index (χ4v) is 4.17. The first-order chi connectivity index (χ1) is 14.8. The van der Waals surface area contributed by atoms with Crippen LogP contribution in [0.15, 0.2) is 23.6 Å². The topological polar surface area (TPSA) is 86.8 Å². The second-order valence-electron chi connectivity index (χ2n) is 7.23. The number of ether oxygens (including phenoxy) is 3. The smallest absolute Gasteiger partial charge is 0.306 e. The molecule has 7 nitrogen and oxygen atoms in total. The Labute approximate surface area is 191 Å². The molecule has 0 fully saturated rings. The van der Waals surface area contributed by atoms with Gasteiger partial charge in [-0.15, -0.1) is 11.3 Å². The van der Waals surface area contributed by atoms with Crippen molar-refractivity contribution in [2.24, 2.45) is 0 Å². The Morgan fingerprint density at radius 2 is 1.74 bits per heavy atom. The van der Waals surface area contributed by atoms with Crippen molar-refractivity contribution in [1.82, 2.24) is 4.98 Å². The van der Waals surface area contributed by atoms with E-state index in [9.17, 15) is 9.59 Å². The normalized spacial score (nSPS) is 10.9. The molecule has 2 rings (SSSR count). The van der Waals surface area contributed by atoms with Gasteiger partial charge in [-0.3, -0.25) is 14.9 Å². The van der Waals surface area contributed by atoms with Gasteiger partial charge in [0.05, 0.1) is 30.9 Å². The first kappa shape index (κ1) is 25.0. The average Bonchev–Trinajstić information content (AvgIpc) is 3.11. The van der Waals surface area contributed by atoms with Crippen LogP contribution >= 0.6 is 23.1 Å². The van der Waals surface area contributed by atoms with Crippen molar-refractivity contribution >= 4 is 40.1 Å². The Morgan fingerprint density at radius 3 is 2.32 bits per heavy atom. The monoisotopic (exact) mass is 466 g/mol. The summed E-state index contributed by atoms with van der Waals surface area (Å²) in [6.07, 6.45) is 0.336. The number of hydrogen-bond donors (Lipinski definition) is 1. The molecule has 0 saturated carbocycles. The number of nitrogens with one attached hydrogen (secondary N) is 1. The van der Waals surface area contributed by atoms with Crippen LogP contribution in [0.3, 0.4) is 0 Å². The van der Waals surface area contributed by atoms with E-state index in [1.54, 1.807) is 36.9 Å². The minimum Gasteiger partial charge on any atom is -0.491 e. The summed E-state index contributed by atoms with van der Waals surface area (Å²) in [5.74, 6) is 2.02. The molecule has 9 heteroatoms. The second-order valence-corrected chi connectivity index (χ2v) is 9.20. The van der Waals surface area contributed by atoms with Gasteiger partial charge in [0, 0.05) is 28.5 Å². The SMILES string of the molecule is CCOC(=O)CCSCc1csc(NC(=O)c2cc(OC(C)C)cc(OC(C)C)c2)n1. The number of hydrogen-bond acceptors (Lipinski definition) is 8. The highest BCUT2D eigenvalue weighted by Crippen LogP contribution is 2.26. The standard InChI is InChI=1S/C22H30N2O5S2/c1-6-27-20(25)7-8-30-12-17-13-31-22(23-17)24-21(26)16-9-18(28-14(2)3)11-19(10-16)29-15(4)5/h9-11,13-15H,6-8,12H2,1-5H3,(H,23,24,26). The largest absolute Gasteiger partial charge is 0.491 e. The number of carbonyl (C=O) groups excluding carboxylic acids is 2. The highest BCUT2D eigenvalue weighted by molar-refractivity contribution is 7.98. The molecule has 170 valence electrons. The summed E-state index contributed by atoms with van der Waals surface area (Å²) in [5, 5.41) is 5.26. The first-order valence-corrected chi connectivity index (χ1v) is 12.3. The van der Waals surface area contributed by atoms with Gasteiger partial charge in [-0.25, -0.2) is 4.98 Å². The van der Waals surface area contributed by atoms with E-state index in [1.165, 1.54) is 11.3 Å². The highest BCUT2D eigenvalue weighted by Gasteiger charge is 2.14. The summed E-state index contributed by atoms with van der Waals surface area (Å²) in [5.41, 5.74) is 1.30. The van der Waals surface area contributed by atoms with Gasteiger partial charge in [-0.2, -0.15) is 11.8 Å². The van der Waals surface area contributed by atoms with Crippen LogP contribution in [0.2, 0.25) is 0 Å². The third kappa shape index (κ3) is 9.18. The van der Waals surface area contributed by atoms with Gasteiger partial charge in [0.15, 0.2) is 5.13 Å². The predicted molar refractivity (Wildman–Crippen MR) is 125 cm³/mol. The van der Waals surface area contributed by atoms with Gasteiger partial charge in [0.1, 0.15) is 11.5 Å². The number of aromatic nitrogens is 1. The van der Waals surface area contributed by atoms with Gasteiger partial charge < -0.3 is 14.2 Å². The van der Waals surface area contributed by atoms with Crippen molar-refractivity contribution in [3.63, 3.8) is 0 Å². The van der Waals surface area contributed by atoms with Crippen molar-refractivity contribution in [1.29, 1.82) is 0 Å². The van der Waals surface area contributed by atoms with Crippen LogP contribution in [0.25, 0.3) is 0 Å². The lowest BCUT2D eigenvalue weighted by atomic mass is 10.2. The molecule has 1 aromatic heterocycles. The zero-order chi connectivity index (χ0) is 22.8. The molecule has 0 saturated heterocycles. The molecule has 0 aliphatic carbocycles. The lowest BCUT2D eigenvalue weighted by Crippen LogP contribution is -2.14. The van der Waals surface area contributed by atoms with E-state index < -0.39 is 0 Å². The molecule has 0 aliphatic heterocycles. The summed E-state index contributed by atoms with van der Waals surface area (Å²) < 4.78 is 16.4. The highest BCUT2D eigenvalue weighted by atomic mass is 32.2. The molecule has 0 bridgehead atoms. The number of thiazole rings is 1. The van der Waals surface area contributed by atoms with Crippen LogP contribution in [0.5, 0.6) is 11.5 Å². The molecule has 1 aromatic carbocycles. The van der Waals surface area contributed by atoms with Crippen molar-refractivity contribution in [2.45, 2.75) is 59.0 Å². The molecule has 1 N–H and O–H groups in total. The number of thioether (sulfide) groups is 1. The van der Waals surface area contributed by atoms with E-state index in [0.717, 1.165) is 5.69 Å². The summed E-state index contributed by atoms with van der Waals surface area (Å²) in [6, 6.07) is 5.18. The second kappa shape index (κ2) is 12.6. The molecule has 0 aliphatic rings. The van der Waals surface area contributed by atoms with Crippen molar-refractivity contribution < 1.29 is 23.8 Å². The minimum absolute atomic E-state index is 0.0203. The van der Waals surface area contributed by atoms with E-state index in [0.29, 0.717) is 46.7 Å². The zero-order valence-corrected chi connectivity index (χ0v) is 20.2. The summed E-state index contributed by atoms with van der Waals surface area (Å²) in [4.78, 5) is 28.6. The number of amides is 1. The molecule has 1 heterocycles. The molecule has 2 aromatic rings. The zero-order valence-electron chi connectivity index (χ0n) is 18.6. The molecular formula is C22H30N2O5S2. The molecule has 1 amide bonds. The number of rotatable bonds is 12. The molecule has 31 heavy (non-hydrogen) atoms. The summed E-state index contributed by atoms with van der Waals surface area (Å²) in [7, 11) is 0. The van der Waals surface area contributed by atoms with Crippen LogP contribution in [0.1, 0.15) is 57.1 Å². The average molecular weight is 467 g/mol. The van der Waals surface area contributed by atoms with Crippen LogP contribution in [0, 0.1) is 0 Å². The number of carbonyl (C=O) groups is 2. The maximum Gasteiger partial charge on any atom is 0.306 e. The first-order valence-electron chi connectivity index (χ1n) is 10.2. The van der Waals surface area contributed by atoms with Crippen molar-refractivity contribution in [3.8, 4) is 11.5 Å². The van der Waals surface area contributed by atoms with Crippen LogP contribution in [-0.4, -0.2) is 41.4 Å². The number of nitrogens with zero attached hydrogens (tertiary/aromatic N) is 1. The van der Waals surface area contributed by atoms with Crippen LogP contribution < -0.4 is 14.8 Å². The number of esters is 1. The van der Waals surface area contributed by atoms with Gasteiger partial charge >= 0.3 is 5.97 Å². The van der Waals surface area contributed by atoms with Gasteiger partial charge in [-0.1, -0.05) is 0 Å². The molecule has 0 unspecified atom stereocenters. The summed E-state index contributed by atoms with van der Waals surface area (Å²) >= 11 is 2.97. The lowest BCUT2D eigenvalue weighted by Gasteiger charge is -2.15. The van der Waals surface area contributed by atoms with Gasteiger partial charge in [-0.05, 0) is 46.8 Å². The maximum atomic E-state index is 12.8. The third-order valence-electron chi connectivity index (χ3n) is 3.66. The minimum atomic E-state index is -0.279. The molecular weight excluding hydrogens is 436 g/mol. The van der Waals surface area contributed by atoms with E-state index in [-0.39, 0.29) is 24.1 Å². The number of anilines is 1. The Morgan fingerprint density at radius 1 is 1.10 bits per heavy atom. The van der Waals surface area contributed by atoms with E-state index in [4.69, 9.17) is 14.2 Å². The van der Waals surface area contributed by atoms with Crippen molar-refractivity contribution in [2.75, 3.05) is 17.7 Å². The fraction of sp³-hybridized carbons (Fsp3) is 0.500. The lowest BCUT2D eigenvalue weighted by molar-refractivity contribution is -0.142. The van der Waals surface area contributed by atoms with E-state index in [2.05, 4.69) is 10.3 Å². The molecule has 0 spiro atoms. The predicted octanol–water partition coefficient (Wildman–Crippen LogP) is 5.16. The van der Waals surface area contributed by atoms with Gasteiger partial charge in [0.25, 0.3) is 5.91 Å². The Balaban J connectivity index is 1.97.